The van der Waals surface area contributed by atoms with Crippen LogP contribution in [0.4, 0.5) is 22.7 Å². The molecule has 0 bridgehead atoms. The van der Waals surface area contributed by atoms with Gasteiger partial charge in [-0.1, -0.05) is 24.3 Å². The van der Waals surface area contributed by atoms with Gasteiger partial charge in [-0.2, -0.15) is 37.3 Å². The highest BCUT2D eigenvalue weighted by Crippen LogP contribution is 2.29. The van der Waals surface area contributed by atoms with Gasteiger partial charge in [-0.3, -0.25) is 9.11 Å². The number of azo groups is 2. The Bertz CT molecular complexity index is 1720. The molecule has 0 fully saturated rings. The summed E-state index contributed by atoms with van der Waals surface area (Å²) in [5.74, 6) is 0.0723. The van der Waals surface area contributed by atoms with Crippen LogP contribution >= 0.6 is 0 Å². The second-order valence-corrected chi connectivity index (χ2v) is 10.9. The van der Waals surface area contributed by atoms with E-state index in [0.717, 1.165) is 12.1 Å². The first-order valence-electron chi connectivity index (χ1n) is 11.2. The number of hydrogen-bond acceptors (Lipinski definition) is 10. The van der Waals surface area contributed by atoms with E-state index in [9.17, 15) is 36.2 Å². The van der Waals surface area contributed by atoms with Gasteiger partial charge in [0, 0.05) is 0 Å². The molecule has 0 aromatic heterocycles. The van der Waals surface area contributed by atoms with Crippen molar-refractivity contribution >= 4 is 55.1 Å². The maximum atomic E-state index is 12.1. The summed E-state index contributed by atoms with van der Waals surface area (Å²) in [5.41, 5.74) is 0.976. The lowest BCUT2D eigenvalue weighted by atomic mass is 10.1. The monoisotopic (exact) mass is 580 g/mol. The second kappa shape index (κ2) is 11.5. The first kappa shape index (κ1) is 28.3. The molecule has 0 unspecified atom stereocenters. The molecule has 4 aromatic rings. The summed E-state index contributed by atoms with van der Waals surface area (Å²) in [7, 11) is -9.45. The number of rotatable bonds is 8. The Labute approximate surface area is 228 Å². The van der Waals surface area contributed by atoms with Crippen LogP contribution in [0.5, 0.6) is 11.5 Å². The minimum Gasteiger partial charge on any atom is -0.508 e. The largest absolute Gasteiger partial charge is 0.508 e. The Morgan fingerprint density at radius 1 is 0.475 bits per heavy atom. The highest BCUT2D eigenvalue weighted by molar-refractivity contribution is 7.86. The van der Waals surface area contributed by atoms with Crippen LogP contribution in [0.2, 0.25) is 0 Å². The number of phenolic OH excluding ortho intramolecular Hbond substituents is 2. The van der Waals surface area contributed by atoms with Crippen molar-refractivity contribution in [3.05, 3.63) is 96.1 Å². The summed E-state index contributed by atoms with van der Waals surface area (Å²) in [6.45, 7) is 0. The minimum atomic E-state index is -4.73. The molecule has 0 spiro atoms. The first-order valence-corrected chi connectivity index (χ1v) is 14.1. The molecule has 40 heavy (non-hydrogen) atoms. The van der Waals surface area contributed by atoms with E-state index in [-0.39, 0.29) is 34.0 Å². The SMILES string of the molecule is O=S(=O)(O)c1cc(N=Nc2ccc(O)cc2)ccc1/C=C\c1ccc(N=Nc2ccc(O)cc2)cc1S(=O)(=O)O. The topological polar surface area (TPSA) is 199 Å². The summed E-state index contributed by atoms with van der Waals surface area (Å²) in [5, 5.41) is 34.5. The van der Waals surface area contributed by atoms with Crippen LogP contribution in [0.3, 0.4) is 0 Å². The fourth-order valence-corrected chi connectivity index (χ4v) is 4.75. The summed E-state index contributed by atoms with van der Waals surface area (Å²) in [6.07, 6.45) is 2.48. The molecule has 204 valence electrons. The molecule has 0 aliphatic rings. The predicted molar refractivity (Wildman–Crippen MR) is 146 cm³/mol. The fourth-order valence-electron chi connectivity index (χ4n) is 3.34. The lowest BCUT2D eigenvalue weighted by Crippen LogP contribution is -2.01. The van der Waals surface area contributed by atoms with Gasteiger partial charge in [-0.25, -0.2) is 0 Å². The van der Waals surface area contributed by atoms with Gasteiger partial charge in [0.15, 0.2) is 0 Å². The van der Waals surface area contributed by atoms with Gasteiger partial charge in [0.05, 0.1) is 22.7 Å². The fraction of sp³-hybridized carbons (Fsp3) is 0. The van der Waals surface area contributed by atoms with Crippen molar-refractivity contribution in [1.29, 1.82) is 0 Å². The third kappa shape index (κ3) is 7.42. The molecule has 0 saturated heterocycles. The smallest absolute Gasteiger partial charge is 0.295 e. The Morgan fingerprint density at radius 3 is 1.10 bits per heavy atom. The Kier molecular flexibility index (Phi) is 8.16. The van der Waals surface area contributed by atoms with Crippen LogP contribution in [-0.4, -0.2) is 36.2 Å². The van der Waals surface area contributed by atoms with E-state index >= 15 is 0 Å². The molecule has 4 aromatic carbocycles. The average Bonchev–Trinajstić information content (AvgIpc) is 2.90. The predicted octanol–water partition coefficient (Wildman–Crippen LogP) is 6.59. The standard InChI is InChI=1S/C26H20N4O8S2/c31-23-11-7-19(8-12-23)27-29-21-5-3-17(25(15-21)39(33,34)35)1-2-18-4-6-22(16-26(18)40(36,37)38)30-28-20-9-13-24(32)14-10-20/h1-16,31-32H,(H,33,34,35)(H,36,37,38)/b2-1-,29-27?,30-28?. The first-order chi connectivity index (χ1) is 18.9. The van der Waals surface area contributed by atoms with E-state index in [4.69, 9.17) is 0 Å². The van der Waals surface area contributed by atoms with E-state index in [2.05, 4.69) is 20.5 Å². The van der Waals surface area contributed by atoms with E-state index in [1.165, 1.54) is 84.9 Å². The molecule has 4 N–H and O–H groups in total. The molecule has 12 nitrogen and oxygen atoms in total. The van der Waals surface area contributed by atoms with E-state index in [1.807, 2.05) is 0 Å². The normalized spacial score (nSPS) is 12.6. The third-order valence-corrected chi connectivity index (χ3v) is 7.07. The van der Waals surface area contributed by atoms with E-state index in [0.29, 0.717) is 11.4 Å². The average molecular weight is 581 g/mol. The zero-order chi connectivity index (χ0) is 28.9. The van der Waals surface area contributed by atoms with Gasteiger partial charge >= 0.3 is 0 Å². The lowest BCUT2D eigenvalue weighted by molar-refractivity contribution is 0.475. The molecule has 4 rings (SSSR count). The van der Waals surface area contributed by atoms with E-state index in [1.54, 1.807) is 0 Å². The molecule has 0 saturated carbocycles. The van der Waals surface area contributed by atoms with Crippen molar-refractivity contribution in [2.75, 3.05) is 0 Å². The number of aromatic hydroxyl groups is 2. The van der Waals surface area contributed by atoms with Crippen molar-refractivity contribution in [1.82, 2.24) is 0 Å². The molecule has 14 heteroatoms. The maximum Gasteiger partial charge on any atom is 0.295 e. The summed E-state index contributed by atoms with van der Waals surface area (Å²) < 4.78 is 67.7. The van der Waals surface area contributed by atoms with Gasteiger partial charge in [0.1, 0.15) is 21.3 Å². The Hall–Kier alpha value is -4.76. The summed E-state index contributed by atoms with van der Waals surface area (Å²) in [6, 6.07) is 19.2. The van der Waals surface area contributed by atoms with Crippen LogP contribution < -0.4 is 0 Å². The Morgan fingerprint density at radius 2 is 0.775 bits per heavy atom. The number of nitrogens with zero attached hydrogens (tertiary/aromatic N) is 4. The van der Waals surface area contributed by atoms with Gasteiger partial charge in [0.2, 0.25) is 0 Å². The molecular weight excluding hydrogens is 560 g/mol. The molecular formula is C26H20N4O8S2. The summed E-state index contributed by atoms with van der Waals surface area (Å²) in [4.78, 5) is -1.03. The van der Waals surface area contributed by atoms with Gasteiger partial charge in [-0.15, -0.1) is 0 Å². The van der Waals surface area contributed by atoms with Gasteiger partial charge in [0.25, 0.3) is 20.2 Å². The van der Waals surface area contributed by atoms with Crippen molar-refractivity contribution in [2.24, 2.45) is 20.5 Å². The number of phenols is 2. The molecule has 0 amide bonds. The van der Waals surface area contributed by atoms with Crippen molar-refractivity contribution in [3.63, 3.8) is 0 Å². The molecule has 0 aliphatic carbocycles. The van der Waals surface area contributed by atoms with E-state index < -0.39 is 30.0 Å². The van der Waals surface area contributed by atoms with Crippen LogP contribution in [0.15, 0.2) is 115 Å². The molecule has 0 heterocycles. The van der Waals surface area contributed by atoms with Crippen LogP contribution in [-0.2, 0) is 20.2 Å². The van der Waals surface area contributed by atoms with Gasteiger partial charge < -0.3 is 10.2 Å². The number of benzene rings is 4. The molecule has 0 radical (unpaired) electrons. The van der Waals surface area contributed by atoms with Crippen LogP contribution in [0.1, 0.15) is 11.1 Å². The molecule has 0 atom stereocenters. The van der Waals surface area contributed by atoms with Crippen molar-refractivity contribution < 1.29 is 36.2 Å². The summed E-state index contributed by atoms with van der Waals surface area (Å²) >= 11 is 0. The quantitative estimate of drug-likeness (QED) is 0.101. The highest BCUT2D eigenvalue weighted by atomic mass is 32.2. The second-order valence-electron chi connectivity index (χ2n) is 8.16. The van der Waals surface area contributed by atoms with Gasteiger partial charge in [-0.05, 0) is 83.9 Å². The maximum absolute atomic E-state index is 12.1. The van der Waals surface area contributed by atoms with Crippen LogP contribution in [0, 0.1) is 0 Å². The molecule has 0 aliphatic heterocycles. The van der Waals surface area contributed by atoms with Crippen molar-refractivity contribution in [3.8, 4) is 11.5 Å². The highest BCUT2D eigenvalue weighted by Gasteiger charge is 2.17. The zero-order valence-corrected chi connectivity index (χ0v) is 21.9. The zero-order valence-electron chi connectivity index (χ0n) is 20.3. The van der Waals surface area contributed by atoms with Crippen LogP contribution in [0.25, 0.3) is 12.2 Å². The number of hydrogen-bond donors (Lipinski definition) is 4. The lowest BCUT2D eigenvalue weighted by Gasteiger charge is -2.06. The van der Waals surface area contributed by atoms with Crippen molar-refractivity contribution in [2.45, 2.75) is 9.79 Å². The third-order valence-electron chi connectivity index (χ3n) is 5.25. The minimum absolute atomic E-state index is 0.00321. The Balaban J connectivity index is 1.66.